The molecule has 0 spiro atoms. The molecule has 168 valence electrons. The summed E-state index contributed by atoms with van der Waals surface area (Å²) in [6, 6.07) is 0. The first-order valence-electron chi connectivity index (χ1n) is 9.55. The highest BCUT2D eigenvalue weighted by atomic mass is 16.6. The minimum Gasteiger partial charge on any atom is -0.453 e. The van der Waals surface area contributed by atoms with Crippen LogP contribution in [0.3, 0.4) is 0 Å². The normalized spacial score (nSPS) is 30.5. The second-order valence-electron chi connectivity index (χ2n) is 7.00. The molecule has 1 fully saturated rings. The molecule has 0 aliphatic heterocycles. The summed E-state index contributed by atoms with van der Waals surface area (Å²) in [7, 11) is 0. The third-order valence-electron chi connectivity index (χ3n) is 5.01. The van der Waals surface area contributed by atoms with Gasteiger partial charge in [-0.1, -0.05) is 18.2 Å². The Morgan fingerprint density at radius 1 is 0.567 bits per heavy atom. The number of esters is 3. The minimum absolute atomic E-state index is 0.204. The smallest absolute Gasteiger partial charge is 0.333 e. The lowest BCUT2D eigenvalue weighted by Crippen LogP contribution is -2.66. The Bertz CT molecular complexity index is 750. The number of ether oxygens (including phenoxy) is 3. The summed E-state index contributed by atoms with van der Waals surface area (Å²) in [5.74, 6) is -2.49. The van der Waals surface area contributed by atoms with Gasteiger partial charge in [-0.2, -0.15) is 0 Å². The topological polar surface area (TPSA) is 140 Å². The predicted molar refractivity (Wildman–Crippen MR) is 106 cm³/mol. The summed E-state index contributed by atoms with van der Waals surface area (Å²) in [5.41, 5.74) is 0.619. The van der Waals surface area contributed by atoms with Crippen molar-refractivity contribution in [1.82, 2.24) is 0 Å². The maximum atomic E-state index is 12.3. The Balaban J connectivity index is 3.29. The van der Waals surface area contributed by atoms with Crippen LogP contribution < -0.4 is 0 Å². The van der Waals surface area contributed by atoms with E-state index >= 15 is 0 Å². The van der Waals surface area contributed by atoms with Crippen LogP contribution >= 0.6 is 0 Å². The fourth-order valence-electron chi connectivity index (χ4n) is 2.58. The highest BCUT2D eigenvalue weighted by molar-refractivity contribution is 5.89. The van der Waals surface area contributed by atoms with Gasteiger partial charge in [0.15, 0.2) is 18.3 Å². The van der Waals surface area contributed by atoms with Crippen molar-refractivity contribution in [2.75, 3.05) is 0 Å². The van der Waals surface area contributed by atoms with Gasteiger partial charge in [0.2, 0.25) is 0 Å². The fourth-order valence-corrected chi connectivity index (χ4v) is 2.58. The average Bonchev–Trinajstić information content (AvgIpc) is 2.74. The summed E-state index contributed by atoms with van der Waals surface area (Å²) < 4.78 is 15.6. The van der Waals surface area contributed by atoms with Crippen molar-refractivity contribution in [1.29, 1.82) is 0 Å². The van der Waals surface area contributed by atoms with E-state index in [1.165, 1.54) is 39.0 Å². The van der Waals surface area contributed by atoms with Crippen molar-refractivity contribution >= 4 is 17.9 Å². The Kier molecular flexibility index (Phi) is 9.41. The van der Waals surface area contributed by atoms with Gasteiger partial charge in [-0.05, 0) is 41.5 Å². The van der Waals surface area contributed by atoms with Crippen LogP contribution in [0.2, 0.25) is 0 Å². The standard InChI is InChI=1S/C21H30O9/c1-7-10(4)19(25)28-16-13(22)14(23)17(29-20(26)11(5)8-2)18(15(16)24)30-21(27)12(6)9-3/h7-9,13-18,22-24H,1-6H3/b10-7?,11-8?,12-9-/t13-,14+,15+,16-,17-,18-/m0/s1. The van der Waals surface area contributed by atoms with Crippen molar-refractivity contribution in [3.63, 3.8) is 0 Å². The molecule has 0 aromatic rings. The fraction of sp³-hybridized carbons (Fsp3) is 0.571. The molecule has 0 heterocycles. The molecule has 1 aliphatic carbocycles. The molecule has 0 saturated heterocycles. The van der Waals surface area contributed by atoms with Crippen LogP contribution in [-0.4, -0.2) is 69.9 Å². The van der Waals surface area contributed by atoms with Crippen LogP contribution in [0.5, 0.6) is 0 Å². The average molecular weight is 426 g/mol. The molecular formula is C21H30O9. The first kappa shape index (κ1) is 25.5. The lowest BCUT2D eigenvalue weighted by Gasteiger charge is -2.44. The van der Waals surface area contributed by atoms with Gasteiger partial charge in [-0.3, -0.25) is 0 Å². The van der Waals surface area contributed by atoms with Crippen LogP contribution in [0.1, 0.15) is 41.5 Å². The summed E-state index contributed by atoms with van der Waals surface area (Å²) in [5, 5.41) is 31.7. The van der Waals surface area contributed by atoms with Crippen molar-refractivity contribution in [2.24, 2.45) is 0 Å². The van der Waals surface area contributed by atoms with Crippen molar-refractivity contribution in [3.8, 4) is 0 Å². The second kappa shape index (κ2) is 11.1. The van der Waals surface area contributed by atoms with E-state index in [4.69, 9.17) is 14.2 Å². The number of hydrogen-bond acceptors (Lipinski definition) is 9. The number of carbonyl (C=O) groups is 3. The first-order chi connectivity index (χ1) is 14.0. The van der Waals surface area contributed by atoms with Crippen LogP contribution in [0.25, 0.3) is 0 Å². The molecule has 1 saturated carbocycles. The zero-order chi connectivity index (χ0) is 23.2. The predicted octanol–water partition coefficient (Wildman–Crippen LogP) is 0.717. The number of rotatable bonds is 6. The highest BCUT2D eigenvalue weighted by Crippen LogP contribution is 2.30. The third-order valence-corrected chi connectivity index (χ3v) is 5.01. The molecule has 1 aliphatic rings. The Labute approximate surface area is 175 Å². The molecule has 0 radical (unpaired) electrons. The molecule has 0 unspecified atom stereocenters. The number of carbonyl (C=O) groups excluding carboxylic acids is 3. The number of aliphatic hydroxyl groups excluding tert-OH is 3. The van der Waals surface area contributed by atoms with E-state index in [1.54, 1.807) is 20.8 Å². The van der Waals surface area contributed by atoms with Gasteiger partial charge in [-0.25, -0.2) is 14.4 Å². The molecule has 0 amide bonds. The maximum absolute atomic E-state index is 12.3. The van der Waals surface area contributed by atoms with Gasteiger partial charge < -0.3 is 29.5 Å². The molecule has 6 atom stereocenters. The van der Waals surface area contributed by atoms with Crippen molar-refractivity contribution in [3.05, 3.63) is 34.9 Å². The van der Waals surface area contributed by atoms with E-state index in [9.17, 15) is 29.7 Å². The largest absolute Gasteiger partial charge is 0.453 e. The Hall–Kier alpha value is -2.49. The second-order valence-corrected chi connectivity index (χ2v) is 7.00. The summed E-state index contributed by atoms with van der Waals surface area (Å²) in [4.78, 5) is 36.6. The molecule has 1 rings (SSSR count). The summed E-state index contributed by atoms with van der Waals surface area (Å²) in [6.07, 6.45) is -5.76. The first-order valence-corrected chi connectivity index (χ1v) is 9.55. The number of aliphatic hydroxyl groups is 3. The van der Waals surface area contributed by atoms with Crippen LogP contribution in [0.4, 0.5) is 0 Å². The minimum atomic E-state index is -1.80. The monoisotopic (exact) mass is 426 g/mol. The molecule has 3 N–H and O–H groups in total. The van der Waals surface area contributed by atoms with Crippen LogP contribution in [0.15, 0.2) is 34.9 Å². The molecule has 30 heavy (non-hydrogen) atoms. The Morgan fingerprint density at radius 3 is 1.17 bits per heavy atom. The maximum Gasteiger partial charge on any atom is 0.333 e. The summed E-state index contributed by atoms with van der Waals surface area (Å²) in [6.45, 7) is 9.22. The molecule has 9 nitrogen and oxygen atoms in total. The van der Waals surface area contributed by atoms with E-state index < -0.39 is 54.5 Å². The van der Waals surface area contributed by atoms with Gasteiger partial charge >= 0.3 is 17.9 Å². The van der Waals surface area contributed by atoms with E-state index in [1.807, 2.05) is 0 Å². The van der Waals surface area contributed by atoms with E-state index in [2.05, 4.69) is 0 Å². The third kappa shape index (κ3) is 5.78. The van der Waals surface area contributed by atoms with Crippen LogP contribution in [-0.2, 0) is 28.6 Å². The van der Waals surface area contributed by atoms with Crippen molar-refractivity contribution in [2.45, 2.75) is 78.2 Å². The van der Waals surface area contributed by atoms with Gasteiger partial charge in [0.25, 0.3) is 0 Å². The van der Waals surface area contributed by atoms with Crippen LogP contribution in [0, 0.1) is 0 Å². The van der Waals surface area contributed by atoms with E-state index in [0.717, 1.165) is 0 Å². The lowest BCUT2D eigenvalue weighted by atomic mass is 9.84. The highest BCUT2D eigenvalue weighted by Gasteiger charge is 2.55. The quantitative estimate of drug-likeness (QED) is 0.318. The van der Waals surface area contributed by atoms with Crippen molar-refractivity contribution < 1.29 is 43.9 Å². The molecule has 0 aromatic heterocycles. The van der Waals surface area contributed by atoms with Gasteiger partial charge in [0.05, 0.1) is 0 Å². The Morgan fingerprint density at radius 2 is 0.833 bits per heavy atom. The molecule has 0 bridgehead atoms. The zero-order valence-electron chi connectivity index (χ0n) is 18.0. The lowest BCUT2D eigenvalue weighted by molar-refractivity contribution is -0.244. The summed E-state index contributed by atoms with van der Waals surface area (Å²) >= 11 is 0. The van der Waals surface area contributed by atoms with Gasteiger partial charge in [-0.15, -0.1) is 0 Å². The zero-order valence-corrected chi connectivity index (χ0v) is 18.0. The van der Waals surface area contributed by atoms with E-state index in [-0.39, 0.29) is 16.7 Å². The molecular weight excluding hydrogens is 396 g/mol. The number of hydrogen-bond donors (Lipinski definition) is 3. The SMILES string of the molecule is CC=C(C)C(=O)O[C@@H]1[C@@H](O)[C@H](OC(=O)/C(C)=C\C)[C@@H](OC(=O)C(C)=CC)[C@H](O)[C@@H]1O. The number of allylic oxidation sites excluding steroid dienone is 3. The van der Waals surface area contributed by atoms with E-state index in [0.29, 0.717) is 0 Å². The molecule has 9 heteroatoms. The van der Waals surface area contributed by atoms with Gasteiger partial charge in [0, 0.05) is 16.7 Å². The van der Waals surface area contributed by atoms with Gasteiger partial charge in [0.1, 0.15) is 18.3 Å². The molecule has 0 aromatic carbocycles.